The van der Waals surface area contributed by atoms with Gasteiger partial charge in [0.2, 0.25) is 0 Å². The Hall–Kier alpha value is -1.85. The first-order chi connectivity index (χ1) is 8.97. The lowest BCUT2D eigenvalue weighted by Crippen LogP contribution is -2.14. The minimum absolute atomic E-state index is 0.117. The van der Waals surface area contributed by atoms with Gasteiger partial charge < -0.3 is 5.11 Å². The lowest BCUT2D eigenvalue weighted by molar-refractivity contribution is 0.467. The predicted octanol–water partition coefficient (Wildman–Crippen LogP) is 2.56. The molecule has 1 atom stereocenters. The summed E-state index contributed by atoms with van der Waals surface area (Å²) >= 11 is 0. The van der Waals surface area contributed by atoms with Crippen molar-refractivity contribution in [1.82, 2.24) is 0 Å². The second-order valence-corrected chi connectivity index (χ2v) is 5.88. The van der Waals surface area contributed by atoms with E-state index in [2.05, 4.69) is 0 Å². The maximum atomic E-state index is 11.5. The highest BCUT2D eigenvalue weighted by atomic mass is 32.2. The Morgan fingerprint density at radius 2 is 1.53 bits per heavy atom. The lowest BCUT2D eigenvalue weighted by atomic mass is 10.0. The molecule has 0 aliphatic heterocycles. The Balaban J connectivity index is 2.33. The Bertz CT molecular complexity index is 633. The van der Waals surface area contributed by atoms with Crippen LogP contribution in [0.4, 0.5) is 0 Å². The van der Waals surface area contributed by atoms with E-state index in [0.29, 0.717) is 5.56 Å². The van der Waals surface area contributed by atoms with Gasteiger partial charge in [0.05, 0.1) is 0 Å². The molecule has 2 N–H and O–H groups in total. The molecular weight excluding hydrogens is 264 g/mol. The molecular formula is C14H14O4S. The average molecular weight is 278 g/mol. The third kappa shape index (κ3) is 3.56. The van der Waals surface area contributed by atoms with E-state index < -0.39 is 15.4 Å². The summed E-state index contributed by atoms with van der Waals surface area (Å²) in [6.07, 6.45) is 0.156. The van der Waals surface area contributed by atoms with Gasteiger partial charge in [0.25, 0.3) is 10.1 Å². The van der Waals surface area contributed by atoms with Crippen molar-refractivity contribution in [3.8, 4) is 5.75 Å². The van der Waals surface area contributed by atoms with Crippen LogP contribution in [0.1, 0.15) is 16.4 Å². The van der Waals surface area contributed by atoms with E-state index in [1.807, 2.05) is 0 Å². The highest BCUT2D eigenvalue weighted by Crippen LogP contribution is 2.26. The minimum Gasteiger partial charge on any atom is -0.508 e. The maximum absolute atomic E-state index is 11.5. The fraction of sp³-hybridized carbons (Fsp3) is 0.143. The SMILES string of the molecule is O=S(=O)(O)C(Cc1ccc(O)cc1)c1ccccc1. The largest absolute Gasteiger partial charge is 0.508 e. The van der Waals surface area contributed by atoms with Gasteiger partial charge in [0.15, 0.2) is 0 Å². The molecule has 0 spiro atoms. The molecule has 0 aliphatic carbocycles. The molecule has 0 heterocycles. The number of hydrogen-bond donors (Lipinski definition) is 2. The number of phenols is 1. The minimum atomic E-state index is -4.19. The van der Waals surface area contributed by atoms with Gasteiger partial charge in [-0.15, -0.1) is 0 Å². The van der Waals surface area contributed by atoms with Gasteiger partial charge in [-0.1, -0.05) is 42.5 Å². The van der Waals surface area contributed by atoms with Gasteiger partial charge in [0.1, 0.15) is 11.0 Å². The van der Waals surface area contributed by atoms with E-state index in [4.69, 9.17) is 0 Å². The fourth-order valence-corrected chi connectivity index (χ4v) is 2.81. The van der Waals surface area contributed by atoms with Gasteiger partial charge in [0, 0.05) is 0 Å². The smallest absolute Gasteiger partial charge is 0.272 e. The van der Waals surface area contributed by atoms with Gasteiger partial charge >= 0.3 is 0 Å². The summed E-state index contributed by atoms with van der Waals surface area (Å²) in [5, 5.41) is 8.20. The third-order valence-corrected chi connectivity index (χ3v) is 4.05. The maximum Gasteiger partial charge on any atom is 0.272 e. The molecule has 0 amide bonds. The quantitative estimate of drug-likeness (QED) is 0.843. The van der Waals surface area contributed by atoms with Crippen LogP contribution in [0.5, 0.6) is 5.75 Å². The van der Waals surface area contributed by atoms with Crippen molar-refractivity contribution < 1.29 is 18.1 Å². The van der Waals surface area contributed by atoms with E-state index >= 15 is 0 Å². The highest BCUT2D eigenvalue weighted by Gasteiger charge is 2.25. The van der Waals surface area contributed by atoms with Crippen molar-refractivity contribution in [3.63, 3.8) is 0 Å². The fourth-order valence-electron chi connectivity index (χ4n) is 1.91. The van der Waals surface area contributed by atoms with Crippen molar-refractivity contribution >= 4 is 10.1 Å². The van der Waals surface area contributed by atoms with E-state index in [0.717, 1.165) is 5.56 Å². The Morgan fingerprint density at radius 1 is 0.947 bits per heavy atom. The van der Waals surface area contributed by atoms with Crippen molar-refractivity contribution in [2.75, 3.05) is 0 Å². The van der Waals surface area contributed by atoms with Crippen LogP contribution in [0.2, 0.25) is 0 Å². The summed E-state index contributed by atoms with van der Waals surface area (Å²) in [6, 6.07) is 14.8. The molecule has 0 bridgehead atoms. The van der Waals surface area contributed by atoms with Crippen LogP contribution >= 0.6 is 0 Å². The molecule has 0 aromatic heterocycles. The molecule has 4 nitrogen and oxygen atoms in total. The third-order valence-electron chi connectivity index (χ3n) is 2.89. The second kappa shape index (κ2) is 5.42. The van der Waals surface area contributed by atoms with Crippen molar-refractivity contribution in [2.45, 2.75) is 11.7 Å². The number of hydrogen-bond acceptors (Lipinski definition) is 3. The molecule has 1 unspecified atom stereocenters. The van der Waals surface area contributed by atoms with Crippen molar-refractivity contribution in [1.29, 1.82) is 0 Å². The molecule has 19 heavy (non-hydrogen) atoms. The molecule has 0 aliphatic rings. The summed E-state index contributed by atoms with van der Waals surface area (Å²) in [7, 11) is -4.19. The summed E-state index contributed by atoms with van der Waals surface area (Å²) in [4.78, 5) is 0. The van der Waals surface area contributed by atoms with Crippen molar-refractivity contribution in [3.05, 3.63) is 65.7 Å². The molecule has 2 aromatic carbocycles. The average Bonchev–Trinajstić information content (AvgIpc) is 2.37. The molecule has 2 rings (SSSR count). The zero-order valence-electron chi connectivity index (χ0n) is 10.1. The van der Waals surface area contributed by atoms with Crippen LogP contribution < -0.4 is 0 Å². The molecule has 0 fully saturated rings. The Morgan fingerprint density at radius 3 is 2.05 bits per heavy atom. The number of rotatable bonds is 4. The second-order valence-electron chi connectivity index (χ2n) is 4.28. The topological polar surface area (TPSA) is 74.6 Å². The molecule has 0 saturated heterocycles. The normalized spacial score (nSPS) is 13.1. The van der Waals surface area contributed by atoms with Gasteiger partial charge in [-0.25, -0.2) is 0 Å². The van der Waals surface area contributed by atoms with E-state index in [1.165, 1.54) is 12.1 Å². The predicted molar refractivity (Wildman–Crippen MR) is 72.5 cm³/mol. The first kappa shape index (κ1) is 13.6. The number of benzene rings is 2. The molecule has 0 saturated carbocycles. The molecule has 0 radical (unpaired) electrons. The van der Waals surface area contributed by atoms with E-state index in [9.17, 15) is 18.1 Å². The zero-order valence-corrected chi connectivity index (χ0v) is 10.9. The van der Waals surface area contributed by atoms with Gasteiger partial charge in [-0.05, 0) is 29.7 Å². The van der Waals surface area contributed by atoms with Crippen molar-refractivity contribution in [2.24, 2.45) is 0 Å². The van der Waals surface area contributed by atoms with Crippen LogP contribution in [0.25, 0.3) is 0 Å². The van der Waals surface area contributed by atoms with Crippen LogP contribution in [0.3, 0.4) is 0 Å². The summed E-state index contributed by atoms with van der Waals surface area (Å²) in [6.45, 7) is 0. The highest BCUT2D eigenvalue weighted by molar-refractivity contribution is 7.86. The Kier molecular flexibility index (Phi) is 3.87. The molecule has 2 aromatic rings. The van der Waals surface area contributed by atoms with E-state index in [-0.39, 0.29) is 12.2 Å². The van der Waals surface area contributed by atoms with E-state index in [1.54, 1.807) is 42.5 Å². The molecule has 5 heteroatoms. The van der Waals surface area contributed by atoms with Crippen LogP contribution in [0, 0.1) is 0 Å². The number of phenolic OH excluding ortho intramolecular Hbond substituents is 1. The standard InChI is InChI=1S/C14H14O4S/c15-13-8-6-11(7-9-13)10-14(19(16,17)18)12-4-2-1-3-5-12/h1-9,14-15H,10H2,(H,16,17,18). The first-order valence-electron chi connectivity index (χ1n) is 5.76. The summed E-state index contributed by atoms with van der Waals surface area (Å²) < 4.78 is 32.4. The van der Waals surface area contributed by atoms with Gasteiger partial charge in [-0.3, -0.25) is 4.55 Å². The lowest BCUT2D eigenvalue weighted by Gasteiger charge is -2.14. The van der Waals surface area contributed by atoms with Crippen LogP contribution in [-0.4, -0.2) is 18.1 Å². The zero-order chi connectivity index (χ0) is 13.9. The monoisotopic (exact) mass is 278 g/mol. The summed E-state index contributed by atoms with van der Waals surface area (Å²) in [5.41, 5.74) is 1.27. The molecule has 100 valence electrons. The van der Waals surface area contributed by atoms with Crippen LogP contribution in [0.15, 0.2) is 54.6 Å². The van der Waals surface area contributed by atoms with Crippen LogP contribution in [-0.2, 0) is 16.5 Å². The Labute approximate surface area is 112 Å². The van der Waals surface area contributed by atoms with Gasteiger partial charge in [-0.2, -0.15) is 8.42 Å². The first-order valence-corrected chi connectivity index (χ1v) is 7.26. The number of aromatic hydroxyl groups is 1. The summed E-state index contributed by atoms with van der Waals surface area (Å²) in [5.74, 6) is 0.117.